The van der Waals surface area contributed by atoms with Crippen LogP contribution in [0.2, 0.25) is 0 Å². The van der Waals surface area contributed by atoms with E-state index in [0.717, 1.165) is 12.8 Å². The first-order valence-corrected chi connectivity index (χ1v) is 11.9. The number of carbonyl (C=O) groups excluding carboxylic acids is 2. The average molecular weight is 551 g/mol. The standard InChI is InChI=1S/C25H25F4N5O5/c1-11(30)21-20(23(36)33-19(22(35)31-2)18-15(27)8-14(26)9-32-18)34-24(39-21)13-5-6-16(38-25(28)29)17(7-13)37-10-12-3-4-12/h5-9,11-12,19,25H,3-4,10,30H2,1-2H3,(H,31,35)(H,33,36)/t11-,19?/m0/s1. The van der Waals surface area contributed by atoms with Gasteiger partial charge in [0.05, 0.1) is 18.8 Å². The van der Waals surface area contributed by atoms with Gasteiger partial charge in [0.2, 0.25) is 11.8 Å². The molecule has 1 aromatic carbocycles. The van der Waals surface area contributed by atoms with Crippen LogP contribution in [0.25, 0.3) is 11.5 Å². The van der Waals surface area contributed by atoms with Gasteiger partial charge >= 0.3 is 6.61 Å². The van der Waals surface area contributed by atoms with Crippen LogP contribution in [0.1, 0.15) is 53.8 Å². The molecule has 4 N–H and O–H groups in total. The highest BCUT2D eigenvalue weighted by atomic mass is 19.3. The molecule has 4 rings (SSSR count). The van der Waals surface area contributed by atoms with Crippen molar-refractivity contribution in [3.8, 4) is 23.0 Å². The second kappa shape index (κ2) is 11.7. The number of hydrogen-bond acceptors (Lipinski definition) is 8. The molecular formula is C25H25F4N5O5. The topological polar surface area (TPSA) is 142 Å². The fourth-order valence-corrected chi connectivity index (χ4v) is 3.61. The predicted octanol–water partition coefficient (Wildman–Crippen LogP) is 3.64. The van der Waals surface area contributed by atoms with Gasteiger partial charge in [-0.3, -0.25) is 14.6 Å². The van der Waals surface area contributed by atoms with Crippen molar-refractivity contribution < 1.29 is 41.0 Å². The number of nitrogens with two attached hydrogens (primary N) is 1. The van der Waals surface area contributed by atoms with Crippen LogP contribution in [0.15, 0.2) is 34.9 Å². The van der Waals surface area contributed by atoms with Crippen molar-refractivity contribution in [3.05, 3.63) is 59.2 Å². The molecule has 2 heterocycles. The summed E-state index contributed by atoms with van der Waals surface area (Å²) in [5, 5.41) is 4.60. The maximum absolute atomic E-state index is 14.4. The van der Waals surface area contributed by atoms with Gasteiger partial charge in [0.1, 0.15) is 17.3 Å². The lowest BCUT2D eigenvalue weighted by Gasteiger charge is -2.17. The second-order valence-corrected chi connectivity index (χ2v) is 8.86. The van der Waals surface area contributed by atoms with Crippen molar-refractivity contribution in [2.45, 2.75) is 38.5 Å². The molecule has 1 unspecified atom stereocenters. The molecule has 0 saturated heterocycles. The van der Waals surface area contributed by atoms with Crippen molar-refractivity contribution in [3.63, 3.8) is 0 Å². The fourth-order valence-electron chi connectivity index (χ4n) is 3.61. The molecule has 208 valence electrons. The fraction of sp³-hybridized carbons (Fsp3) is 0.360. The largest absolute Gasteiger partial charge is 0.489 e. The lowest BCUT2D eigenvalue weighted by atomic mass is 10.1. The van der Waals surface area contributed by atoms with Crippen LogP contribution in [-0.2, 0) is 4.79 Å². The zero-order valence-electron chi connectivity index (χ0n) is 20.8. The summed E-state index contributed by atoms with van der Waals surface area (Å²) in [6.45, 7) is -1.25. The maximum Gasteiger partial charge on any atom is 0.387 e. The van der Waals surface area contributed by atoms with Gasteiger partial charge < -0.3 is 30.3 Å². The van der Waals surface area contributed by atoms with E-state index in [1.54, 1.807) is 0 Å². The number of alkyl halides is 2. The Morgan fingerprint density at radius 3 is 2.56 bits per heavy atom. The molecule has 2 amide bonds. The maximum atomic E-state index is 14.4. The number of nitrogens with zero attached hydrogens (tertiary/aromatic N) is 2. The molecule has 39 heavy (non-hydrogen) atoms. The number of aromatic nitrogens is 2. The number of ether oxygens (including phenoxy) is 2. The van der Waals surface area contributed by atoms with Crippen LogP contribution in [-0.4, -0.2) is 42.0 Å². The van der Waals surface area contributed by atoms with Crippen LogP contribution in [0.5, 0.6) is 11.5 Å². The average Bonchev–Trinajstić information content (AvgIpc) is 3.61. The summed E-state index contributed by atoms with van der Waals surface area (Å²) in [5.41, 5.74) is 5.39. The van der Waals surface area contributed by atoms with Gasteiger partial charge in [-0.05, 0) is 43.9 Å². The number of nitrogens with one attached hydrogen (secondary N) is 2. The van der Waals surface area contributed by atoms with Gasteiger partial charge in [-0.1, -0.05) is 0 Å². The normalized spacial score (nSPS) is 14.6. The van der Waals surface area contributed by atoms with E-state index in [-0.39, 0.29) is 34.4 Å². The minimum Gasteiger partial charge on any atom is -0.489 e. The lowest BCUT2D eigenvalue weighted by Crippen LogP contribution is -2.40. The summed E-state index contributed by atoms with van der Waals surface area (Å²) in [5.74, 6) is -3.92. The first-order valence-electron chi connectivity index (χ1n) is 11.9. The van der Waals surface area contributed by atoms with E-state index in [1.165, 1.54) is 32.2 Å². The molecule has 1 fully saturated rings. The molecule has 1 aliphatic rings. The molecule has 14 heteroatoms. The first kappa shape index (κ1) is 27.8. The number of halogens is 4. The van der Waals surface area contributed by atoms with Crippen molar-refractivity contribution >= 4 is 11.8 Å². The van der Waals surface area contributed by atoms with Crippen LogP contribution < -0.4 is 25.8 Å². The van der Waals surface area contributed by atoms with Crippen LogP contribution in [0.4, 0.5) is 17.6 Å². The summed E-state index contributed by atoms with van der Waals surface area (Å²) in [7, 11) is 1.26. The minimum absolute atomic E-state index is 0.0313. The Labute approximate surface area is 219 Å². The third-order valence-electron chi connectivity index (χ3n) is 5.75. The zero-order valence-corrected chi connectivity index (χ0v) is 20.8. The zero-order chi connectivity index (χ0) is 28.3. The number of benzene rings is 1. The molecule has 1 aliphatic carbocycles. The van der Waals surface area contributed by atoms with Crippen molar-refractivity contribution in [1.82, 2.24) is 20.6 Å². The summed E-state index contributed by atoms with van der Waals surface area (Å²) in [6.07, 6.45) is 2.64. The first-order chi connectivity index (χ1) is 18.6. The Morgan fingerprint density at radius 1 is 1.21 bits per heavy atom. The van der Waals surface area contributed by atoms with Gasteiger partial charge in [0.15, 0.2) is 29.0 Å². The SMILES string of the molecule is CNC(=O)C(NC(=O)c1nc(-c2ccc(OC(F)F)c(OCC3CC3)c2)oc1[C@H](C)N)c1ncc(F)cc1F. The molecule has 0 bridgehead atoms. The molecule has 0 spiro atoms. The number of likely N-dealkylation sites (N-methyl/N-ethyl adjacent to an activating group) is 1. The highest BCUT2D eigenvalue weighted by Crippen LogP contribution is 2.37. The highest BCUT2D eigenvalue weighted by Gasteiger charge is 2.31. The molecule has 2 atom stereocenters. The lowest BCUT2D eigenvalue weighted by molar-refractivity contribution is -0.122. The van der Waals surface area contributed by atoms with Crippen molar-refractivity contribution in [2.24, 2.45) is 11.7 Å². The van der Waals surface area contributed by atoms with Crippen LogP contribution in [0, 0.1) is 17.6 Å². The third-order valence-corrected chi connectivity index (χ3v) is 5.75. The molecule has 3 aromatic rings. The van der Waals surface area contributed by atoms with E-state index < -0.39 is 47.8 Å². The molecule has 0 aliphatic heterocycles. The number of amides is 2. The Hall–Kier alpha value is -4.20. The van der Waals surface area contributed by atoms with E-state index >= 15 is 0 Å². The summed E-state index contributed by atoms with van der Waals surface area (Å²) in [6, 6.07) is 2.05. The van der Waals surface area contributed by atoms with Gasteiger partial charge in [-0.15, -0.1) is 0 Å². The Kier molecular flexibility index (Phi) is 8.33. The Morgan fingerprint density at radius 2 is 1.95 bits per heavy atom. The molecule has 10 nitrogen and oxygen atoms in total. The number of carbonyl (C=O) groups is 2. The molecular weight excluding hydrogens is 526 g/mol. The van der Waals surface area contributed by atoms with Gasteiger partial charge in [0, 0.05) is 18.7 Å². The van der Waals surface area contributed by atoms with Gasteiger partial charge in [-0.2, -0.15) is 8.78 Å². The number of hydrogen-bond donors (Lipinski definition) is 3. The van der Waals surface area contributed by atoms with E-state index in [0.29, 0.717) is 24.8 Å². The minimum atomic E-state index is -3.07. The molecule has 2 aromatic heterocycles. The summed E-state index contributed by atoms with van der Waals surface area (Å²) in [4.78, 5) is 33.5. The number of pyridine rings is 1. The number of rotatable bonds is 11. The summed E-state index contributed by atoms with van der Waals surface area (Å²) < 4.78 is 69.4. The molecule has 1 saturated carbocycles. The van der Waals surface area contributed by atoms with E-state index in [2.05, 4.69) is 25.3 Å². The third kappa shape index (κ3) is 6.63. The predicted molar refractivity (Wildman–Crippen MR) is 128 cm³/mol. The second-order valence-electron chi connectivity index (χ2n) is 8.86. The van der Waals surface area contributed by atoms with E-state index in [9.17, 15) is 27.2 Å². The van der Waals surface area contributed by atoms with Crippen molar-refractivity contribution in [2.75, 3.05) is 13.7 Å². The van der Waals surface area contributed by atoms with E-state index in [4.69, 9.17) is 14.9 Å². The van der Waals surface area contributed by atoms with Gasteiger partial charge in [0.25, 0.3) is 5.91 Å². The summed E-state index contributed by atoms with van der Waals surface area (Å²) >= 11 is 0. The Bertz CT molecular complexity index is 1360. The van der Waals surface area contributed by atoms with Crippen LogP contribution in [0.3, 0.4) is 0 Å². The smallest absolute Gasteiger partial charge is 0.387 e. The van der Waals surface area contributed by atoms with E-state index in [1.807, 2.05) is 0 Å². The molecule has 0 radical (unpaired) electrons. The quantitative estimate of drug-likeness (QED) is 0.307. The highest BCUT2D eigenvalue weighted by molar-refractivity contribution is 5.97. The van der Waals surface area contributed by atoms with Gasteiger partial charge in [-0.25, -0.2) is 13.8 Å². The Balaban J connectivity index is 1.66. The van der Waals surface area contributed by atoms with Crippen LogP contribution >= 0.6 is 0 Å². The van der Waals surface area contributed by atoms with Crippen molar-refractivity contribution in [1.29, 1.82) is 0 Å². The number of oxazole rings is 1. The monoisotopic (exact) mass is 551 g/mol.